The zero-order chi connectivity index (χ0) is 15.5. The largest absolute Gasteiger partial charge is 0.495 e. The van der Waals surface area contributed by atoms with Gasteiger partial charge >= 0.3 is 0 Å². The third-order valence-corrected chi connectivity index (χ3v) is 4.64. The van der Waals surface area contributed by atoms with Crippen LogP contribution in [0, 0.1) is 11.3 Å². The lowest BCUT2D eigenvalue weighted by Gasteiger charge is -2.49. The topological polar surface area (TPSA) is 39.5 Å². The number of likely N-dealkylation sites (N-methyl/N-ethyl adjacent to an activating group) is 2. The molecule has 1 aliphatic carbocycles. The molecule has 0 bridgehead atoms. The van der Waals surface area contributed by atoms with Gasteiger partial charge in [0.25, 0.3) is 0 Å². The van der Waals surface area contributed by atoms with Crippen LogP contribution < -0.4 is 4.74 Å². The summed E-state index contributed by atoms with van der Waals surface area (Å²) in [4.78, 5) is 4.73. The van der Waals surface area contributed by atoms with Gasteiger partial charge in [-0.25, -0.2) is 0 Å². The van der Waals surface area contributed by atoms with Crippen molar-refractivity contribution >= 4 is 0 Å². The molecule has 1 aliphatic rings. The van der Waals surface area contributed by atoms with Gasteiger partial charge in [0.2, 0.25) is 0 Å². The van der Waals surface area contributed by atoms with Crippen molar-refractivity contribution in [2.45, 2.75) is 31.3 Å². The highest BCUT2D eigenvalue weighted by atomic mass is 16.5. The molecule has 1 fully saturated rings. The Morgan fingerprint density at radius 1 is 1.29 bits per heavy atom. The molecule has 0 aliphatic heterocycles. The Morgan fingerprint density at radius 2 is 2.00 bits per heavy atom. The third-order valence-electron chi connectivity index (χ3n) is 4.64. The highest BCUT2D eigenvalue weighted by Gasteiger charge is 2.39. The standard InChI is InChI=1S/C17H25N3O/c1-19(2)17(8-5-9-17)13-20(3)12-14-6-7-15(11-18)16(10-14)21-4/h6-7,10H,5,8-9,12-13H2,1-4H3. The molecule has 2 rings (SSSR count). The Hall–Kier alpha value is -1.57. The highest BCUT2D eigenvalue weighted by molar-refractivity contribution is 5.45. The molecule has 0 saturated heterocycles. The number of ether oxygens (including phenoxy) is 1. The Kier molecular flexibility index (Phi) is 4.87. The Morgan fingerprint density at radius 3 is 2.48 bits per heavy atom. The maximum absolute atomic E-state index is 9.03. The molecule has 4 heteroatoms. The summed E-state index contributed by atoms with van der Waals surface area (Å²) in [5, 5.41) is 9.03. The zero-order valence-corrected chi connectivity index (χ0v) is 13.5. The first-order valence-electron chi connectivity index (χ1n) is 7.44. The summed E-state index contributed by atoms with van der Waals surface area (Å²) >= 11 is 0. The van der Waals surface area contributed by atoms with E-state index in [9.17, 15) is 0 Å². The quantitative estimate of drug-likeness (QED) is 0.806. The average Bonchev–Trinajstić information content (AvgIpc) is 2.42. The molecule has 0 amide bonds. The van der Waals surface area contributed by atoms with E-state index in [-0.39, 0.29) is 0 Å². The van der Waals surface area contributed by atoms with Crippen molar-refractivity contribution in [3.8, 4) is 11.8 Å². The second-order valence-electron chi connectivity index (χ2n) is 6.29. The molecule has 4 nitrogen and oxygen atoms in total. The number of hydrogen-bond donors (Lipinski definition) is 0. The smallest absolute Gasteiger partial charge is 0.136 e. The van der Waals surface area contributed by atoms with Gasteiger partial charge in [0.1, 0.15) is 11.8 Å². The van der Waals surface area contributed by atoms with Gasteiger partial charge in [0.05, 0.1) is 12.7 Å². The Bertz CT molecular complexity index is 529. The van der Waals surface area contributed by atoms with Crippen LogP contribution in [0.2, 0.25) is 0 Å². The van der Waals surface area contributed by atoms with Gasteiger partial charge < -0.3 is 14.5 Å². The van der Waals surface area contributed by atoms with E-state index in [2.05, 4.69) is 37.0 Å². The molecule has 1 aromatic rings. The lowest BCUT2D eigenvalue weighted by molar-refractivity contribution is 0.0259. The van der Waals surface area contributed by atoms with Crippen molar-refractivity contribution in [1.29, 1.82) is 5.26 Å². The second kappa shape index (κ2) is 6.46. The van der Waals surface area contributed by atoms with Crippen LogP contribution >= 0.6 is 0 Å². The molecule has 0 N–H and O–H groups in total. The van der Waals surface area contributed by atoms with Crippen molar-refractivity contribution in [2.24, 2.45) is 0 Å². The molecule has 0 unspecified atom stereocenters. The van der Waals surface area contributed by atoms with Gasteiger partial charge in [-0.1, -0.05) is 6.07 Å². The Balaban J connectivity index is 2.03. The molecule has 0 spiro atoms. The fourth-order valence-electron chi connectivity index (χ4n) is 3.13. The van der Waals surface area contributed by atoms with Gasteiger partial charge in [0, 0.05) is 18.6 Å². The lowest BCUT2D eigenvalue weighted by atomic mass is 9.75. The van der Waals surface area contributed by atoms with E-state index in [1.54, 1.807) is 7.11 Å². The van der Waals surface area contributed by atoms with Crippen LogP contribution in [0.15, 0.2) is 18.2 Å². The van der Waals surface area contributed by atoms with E-state index in [4.69, 9.17) is 10.00 Å². The van der Waals surface area contributed by atoms with E-state index in [0.717, 1.165) is 13.1 Å². The number of rotatable bonds is 6. The summed E-state index contributed by atoms with van der Waals surface area (Å²) in [6.07, 6.45) is 3.89. The predicted molar refractivity (Wildman–Crippen MR) is 84.3 cm³/mol. The molecule has 0 heterocycles. The zero-order valence-electron chi connectivity index (χ0n) is 13.5. The summed E-state index contributed by atoms with van der Waals surface area (Å²) in [6, 6.07) is 7.98. The van der Waals surface area contributed by atoms with E-state index in [1.165, 1.54) is 24.8 Å². The van der Waals surface area contributed by atoms with Crippen LogP contribution in [-0.2, 0) is 6.54 Å². The normalized spacial score (nSPS) is 16.6. The van der Waals surface area contributed by atoms with Crippen LogP contribution in [0.1, 0.15) is 30.4 Å². The SMILES string of the molecule is COc1cc(CN(C)CC2(N(C)C)CCC2)ccc1C#N. The fourth-order valence-corrected chi connectivity index (χ4v) is 3.13. The second-order valence-corrected chi connectivity index (χ2v) is 6.29. The molecule has 0 atom stereocenters. The van der Waals surface area contributed by atoms with Crippen LogP contribution in [0.3, 0.4) is 0 Å². The molecule has 0 aromatic heterocycles. The van der Waals surface area contributed by atoms with Crippen molar-refractivity contribution < 1.29 is 4.74 Å². The molecule has 0 radical (unpaired) electrons. The fraction of sp³-hybridized carbons (Fsp3) is 0.588. The Labute approximate surface area is 127 Å². The molecule has 114 valence electrons. The molecule has 1 aromatic carbocycles. The number of methoxy groups -OCH3 is 1. The summed E-state index contributed by atoms with van der Waals surface area (Å²) in [6.45, 7) is 1.94. The van der Waals surface area contributed by atoms with Crippen molar-refractivity contribution in [3.05, 3.63) is 29.3 Å². The molecular weight excluding hydrogens is 262 g/mol. The summed E-state index contributed by atoms with van der Waals surface area (Å²) in [5.74, 6) is 0.661. The maximum Gasteiger partial charge on any atom is 0.136 e. The lowest BCUT2D eigenvalue weighted by Crippen LogP contribution is -2.56. The number of nitriles is 1. The number of nitrogens with zero attached hydrogens (tertiary/aromatic N) is 3. The summed E-state index contributed by atoms with van der Waals surface area (Å²) in [5.41, 5.74) is 2.11. The first-order valence-corrected chi connectivity index (χ1v) is 7.44. The van der Waals surface area contributed by atoms with Crippen molar-refractivity contribution in [3.63, 3.8) is 0 Å². The van der Waals surface area contributed by atoms with Crippen molar-refractivity contribution in [2.75, 3.05) is 34.8 Å². The first-order chi connectivity index (χ1) is 10.0. The minimum absolute atomic E-state index is 0.339. The van der Waals surface area contributed by atoms with E-state index in [1.807, 2.05) is 18.2 Å². The van der Waals surface area contributed by atoms with E-state index in [0.29, 0.717) is 16.9 Å². The van der Waals surface area contributed by atoms with Crippen LogP contribution in [-0.4, -0.2) is 50.1 Å². The first kappa shape index (κ1) is 15.8. The van der Waals surface area contributed by atoms with E-state index < -0.39 is 0 Å². The minimum Gasteiger partial charge on any atom is -0.495 e. The predicted octanol–water partition coefficient (Wildman–Crippen LogP) is 2.48. The number of benzene rings is 1. The van der Waals surface area contributed by atoms with Crippen LogP contribution in [0.5, 0.6) is 5.75 Å². The summed E-state index contributed by atoms with van der Waals surface area (Å²) in [7, 11) is 8.13. The van der Waals surface area contributed by atoms with Gasteiger partial charge in [-0.3, -0.25) is 0 Å². The molecular formula is C17H25N3O. The van der Waals surface area contributed by atoms with Gasteiger partial charge in [-0.05, 0) is 58.1 Å². The average molecular weight is 287 g/mol. The maximum atomic E-state index is 9.03. The minimum atomic E-state index is 0.339. The molecule has 1 saturated carbocycles. The number of hydrogen-bond acceptors (Lipinski definition) is 4. The van der Waals surface area contributed by atoms with Gasteiger partial charge in [-0.15, -0.1) is 0 Å². The van der Waals surface area contributed by atoms with Crippen LogP contribution in [0.25, 0.3) is 0 Å². The van der Waals surface area contributed by atoms with Crippen LogP contribution in [0.4, 0.5) is 0 Å². The molecule has 21 heavy (non-hydrogen) atoms. The third kappa shape index (κ3) is 3.37. The monoisotopic (exact) mass is 287 g/mol. The van der Waals surface area contributed by atoms with Crippen molar-refractivity contribution in [1.82, 2.24) is 9.80 Å². The highest BCUT2D eigenvalue weighted by Crippen LogP contribution is 2.36. The van der Waals surface area contributed by atoms with Gasteiger partial charge in [0.15, 0.2) is 0 Å². The van der Waals surface area contributed by atoms with E-state index >= 15 is 0 Å². The summed E-state index contributed by atoms with van der Waals surface area (Å²) < 4.78 is 5.28. The van der Waals surface area contributed by atoms with Gasteiger partial charge in [-0.2, -0.15) is 5.26 Å².